The molecule has 2 aromatic rings. The molecule has 24 heavy (non-hydrogen) atoms. The van der Waals surface area contributed by atoms with Crippen LogP contribution in [0.5, 0.6) is 0 Å². The van der Waals surface area contributed by atoms with E-state index in [2.05, 4.69) is 5.32 Å². The molecule has 1 atom stereocenters. The van der Waals surface area contributed by atoms with Crippen molar-refractivity contribution in [2.24, 2.45) is 0 Å². The molecule has 2 rings (SSSR count). The van der Waals surface area contributed by atoms with E-state index in [4.69, 9.17) is 32.4 Å². The first kappa shape index (κ1) is 18.2. The van der Waals surface area contributed by atoms with Gasteiger partial charge in [-0.25, -0.2) is 9.59 Å². The van der Waals surface area contributed by atoms with Gasteiger partial charge in [-0.2, -0.15) is 0 Å². The zero-order valence-electron chi connectivity index (χ0n) is 12.9. The van der Waals surface area contributed by atoms with Crippen molar-refractivity contribution in [3.8, 4) is 0 Å². The van der Waals surface area contributed by atoms with Gasteiger partial charge in [0.15, 0.2) is 6.04 Å². The molecule has 128 valence electrons. The van der Waals surface area contributed by atoms with E-state index in [0.29, 0.717) is 5.69 Å². The van der Waals surface area contributed by atoms with Crippen molar-refractivity contribution in [2.45, 2.75) is 19.9 Å². The minimum atomic E-state index is -1.25. The number of furan rings is 1. The number of carboxylic acid groups (broad SMARTS) is 1. The summed E-state index contributed by atoms with van der Waals surface area (Å²) in [4.78, 5) is 23.4. The van der Waals surface area contributed by atoms with Crippen LogP contribution in [-0.2, 0) is 9.53 Å². The molecule has 0 radical (unpaired) electrons. The maximum atomic E-state index is 11.8. The van der Waals surface area contributed by atoms with Crippen LogP contribution in [0, 0.1) is 6.92 Å². The molecule has 0 amide bonds. The average Bonchev–Trinajstić information content (AvgIpc) is 2.90. The van der Waals surface area contributed by atoms with E-state index >= 15 is 0 Å². The van der Waals surface area contributed by atoms with Gasteiger partial charge < -0.3 is 19.6 Å². The highest BCUT2D eigenvalue weighted by Crippen LogP contribution is 2.33. The van der Waals surface area contributed by atoms with E-state index in [-0.39, 0.29) is 33.7 Å². The van der Waals surface area contributed by atoms with Crippen LogP contribution in [0.2, 0.25) is 10.0 Å². The summed E-state index contributed by atoms with van der Waals surface area (Å²) in [5, 5.41) is 12.7. The fourth-order valence-electron chi connectivity index (χ4n) is 2.08. The van der Waals surface area contributed by atoms with Crippen LogP contribution in [0.15, 0.2) is 28.7 Å². The van der Waals surface area contributed by atoms with E-state index in [1.165, 1.54) is 6.07 Å². The van der Waals surface area contributed by atoms with Crippen LogP contribution in [-0.4, -0.2) is 23.7 Å². The van der Waals surface area contributed by atoms with Crippen LogP contribution in [0.4, 0.5) is 5.69 Å². The lowest BCUT2D eigenvalue weighted by atomic mass is 10.1. The number of benzene rings is 1. The minimum absolute atomic E-state index is 0.0547. The van der Waals surface area contributed by atoms with Gasteiger partial charge in [-0.15, -0.1) is 0 Å². The van der Waals surface area contributed by atoms with E-state index in [0.717, 1.165) is 0 Å². The summed E-state index contributed by atoms with van der Waals surface area (Å²) in [6, 6.07) is 4.90. The number of aliphatic carboxylic acids is 1. The summed E-state index contributed by atoms with van der Waals surface area (Å²) in [7, 11) is 0. The lowest BCUT2D eigenvalue weighted by Crippen LogP contribution is -2.20. The van der Waals surface area contributed by atoms with Crippen molar-refractivity contribution in [3.63, 3.8) is 0 Å². The predicted molar refractivity (Wildman–Crippen MR) is 89.9 cm³/mol. The van der Waals surface area contributed by atoms with Crippen LogP contribution >= 0.6 is 23.2 Å². The van der Waals surface area contributed by atoms with Gasteiger partial charge in [-0.3, -0.25) is 0 Å². The zero-order valence-corrected chi connectivity index (χ0v) is 14.4. The molecular weight excluding hydrogens is 357 g/mol. The molecule has 8 heteroatoms. The highest BCUT2D eigenvalue weighted by Gasteiger charge is 2.27. The molecule has 1 aromatic carbocycles. The normalized spacial score (nSPS) is 11.8. The SMILES string of the molecule is CCOC(=O)c1cc(C(Nc2cccc(Cl)c2Cl)C(=O)O)oc1C. The summed E-state index contributed by atoms with van der Waals surface area (Å²) < 4.78 is 10.3. The molecule has 1 heterocycles. The Labute approximate surface area is 148 Å². The highest BCUT2D eigenvalue weighted by atomic mass is 35.5. The topological polar surface area (TPSA) is 88.8 Å². The molecule has 0 spiro atoms. The molecule has 6 nitrogen and oxygen atoms in total. The fourth-order valence-corrected chi connectivity index (χ4v) is 2.44. The molecule has 1 aromatic heterocycles. The molecule has 0 saturated carbocycles. The molecular formula is C16H15Cl2NO5. The zero-order chi connectivity index (χ0) is 17.9. The summed E-state index contributed by atoms with van der Waals surface area (Å²) >= 11 is 12.0. The van der Waals surface area contributed by atoms with Gasteiger partial charge in [0.1, 0.15) is 17.1 Å². The standard InChI is InChI=1S/C16H15Cl2NO5/c1-3-23-16(22)9-7-12(24-8(9)2)14(15(20)21)19-11-6-4-5-10(17)13(11)18/h4-7,14,19H,3H2,1-2H3,(H,20,21). The molecule has 1 unspecified atom stereocenters. The van der Waals surface area contributed by atoms with Gasteiger partial charge in [0.2, 0.25) is 0 Å². The van der Waals surface area contributed by atoms with Crippen molar-refractivity contribution in [3.05, 3.63) is 51.4 Å². The van der Waals surface area contributed by atoms with Gasteiger partial charge in [-0.1, -0.05) is 29.3 Å². The highest BCUT2D eigenvalue weighted by molar-refractivity contribution is 6.43. The Morgan fingerprint density at radius 1 is 1.38 bits per heavy atom. The first-order valence-corrected chi connectivity index (χ1v) is 7.81. The van der Waals surface area contributed by atoms with Crippen LogP contribution in [0.25, 0.3) is 0 Å². The minimum Gasteiger partial charge on any atom is -0.479 e. The smallest absolute Gasteiger partial charge is 0.341 e. The van der Waals surface area contributed by atoms with Gasteiger partial charge in [0.05, 0.1) is 22.3 Å². The summed E-state index contributed by atoms with van der Waals surface area (Å²) in [6.07, 6.45) is 0. The van der Waals surface area contributed by atoms with Crippen LogP contribution in [0.3, 0.4) is 0 Å². The number of esters is 1. The predicted octanol–water partition coefficient (Wildman–Crippen LogP) is 4.31. The Bertz CT molecular complexity index is 772. The number of ether oxygens (including phenoxy) is 1. The fraction of sp³-hybridized carbons (Fsp3) is 0.250. The maximum Gasteiger partial charge on any atom is 0.341 e. The third-order valence-electron chi connectivity index (χ3n) is 3.22. The Morgan fingerprint density at radius 2 is 2.08 bits per heavy atom. The quantitative estimate of drug-likeness (QED) is 0.735. The Hall–Kier alpha value is -2.18. The largest absolute Gasteiger partial charge is 0.479 e. The Morgan fingerprint density at radius 3 is 2.71 bits per heavy atom. The lowest BCUT2D eigenvalue weighted by Gasteiger charge is -2.15. The molecule has 0 aliphatic heterocycles. The van der Waals surface area contributed by atoms with E-state index in [1.54, 1.807) is 32.0 Å². The second-order valence-electron chi connectivity index (χ2n) is 4.86. The molecule has 0 saturated heterocycles. The van der Waals surface area contributed by atoms with Crippen molar-refractivity contribution < 1.29 is 23.8 Å². The Balaban J connectivity index is 2.35. The second kappa shape index (κ2) is 7.59. The molecule has 0 aliphatic carbocycles. The first-order chi connectivity index (χ1) is 11.3. The number of anilines is 1. The molecule has 0 fully saturated rings. The number of carboxylic acids is 1. The molecule has 0 aliphatic rings. The summed E-state index contributed by atoms with van der Waals surface area (Å²) in [5.74, 6) is -1.45. The molecule has 0 bridgehead atoms. The van der Waals surface area contributed by atoms with E-state index < -0.39 is 18.0 Å². The maximum absolute atomic E-state index is 11.8. The molecule has 2 N–H and O–H groups in total. The van der Waals surface area contributed by atoms with E-state index in [1.807, 2.05) is 0 Å². The monoisotopic (exact) mass is 371 g/mol. The lowest BCUT2D eigenvalue weighted by molar-refractivity contribution is -0.138. The van der Waals surface area contributed by atoms with Gasteiger partial charge in [0.25, 0.3) is 0 Å². The number of aryl methyl sites for hydroxylation is 1. The number of rotatable bonds is 6. The number of carbonyl (C=O) groups is 2. The Kier molecular flexibility index (Phi) is 5.75. The van der Waals surface area contributed by atoms with Gasteiger partial charge in [0, 0.05) is 0 Å². The van der Waals surface area contributed by atoms with E-state index in [9.17, 15) is 14.7 Å². The van der Waals surface area contributed by atoms with Crippen molar-refractivity contribution in [1.29, 1.82) is 0 Å². The third-order valence-corrected chi connectivity index (χ3v) is 4.03. The third kappa shape index (κ3) is 3.83. The van der Waals surface area contributed by atoms with Crippen LogP contribution in [0.1, 0.15) is 34.8 Å². The van der Waals surface area contributed by atoms with Crippen molar-refractivity contribution in [1.82, 2.24) is 0 Å². The first-order valence-electron chi connectivity index (χ1n) is 7.06. The summed E-state index contributed by atoms with van der Waals surface area (Å²) in [5.41, 5.74) is 0.514. The number of hydrogen-bond donors (Lipinski definition) is 2. The van der Waals surface area contributed by atoms with Crippen molar-refractivity contribution in [2.75, 3.05) is 11.9 Å². The van der Waals surface area contributed by atoms with Gasteiger partial charge >= 0.3 is 11.9 Å². The number of carbonyl (C=O) groups excluding carboxylic acids is 1. The summed E-state index contributed by atoms with van der Waals surface area (Å²) in [6.45, 7) is 3.44. The number of hydrogen-bond acceptors (Lipinski definition) is 5. The second-order valence-corrected chi connectivity index (χ2v) is 5.64. The number of nitrogens with one attached hydrogen (secondary N) is 1. The van der Waals surface area contributed by atoms with Crippen LogP contribution < -0.4 is 5.32 Å². The number of halogens is 2. The van der Waals surface area contributed by atoms with Gasteiger partial charge in [-0.05, 0) is 32.0 Å². The van der Waals surface area contributed by atoms with Crippen molar-refractivity contribution >= 4 is 40.8 Å². The average molecular weight is 372 g/mol.